The van der Waals surface area contributed by atoms with E-state index in [0.29, 0.717) is 0 Å². The van der Waals surface area contributed by atoms with Gasteiger partial charge in [-0.05, 0) is 0 Å². The van der Waals surface area contributed by atoms with E-state index in [2.05, 4.69) is 5.10 Å². The molecule has 0 aliphatic carbocycles. The molecule has 50 valence electrons. The number of aryl methyl sites for hydroxylation is 1. The maximum atomic E-state index is 12.4. The Morgan fingerprint density at radius 1 is 1.89 bits per heavy atom. The van der Waals surface area contributed by atoms with Crippen molar-refractivity contribution in [1.29, 1.82) is 0 Å². The van der Waals surface area contributed by atoms with Crippen molar-refractivity contribution in [1.82, 2.24) is 9.78 Å². The Balaban J connectivity index is 3.07. The van der Waals surface area contributed by atoms with Crippen LogP contribution in [-0.4, -0.2) is 14.9 Å². The van der Waals surface area contributed by atoms with Crippen LogP contribution in [-0.2, 0) is 13.7 Å². The summed E-state index contributed by atoms with van der Waals surface area (Å²) in [5.41, 5.74) is 0.218. The molecular formula is C5H7FN2O. The van der Waals surface area contributed by atoms with Gasteiger partial charge < -0.3 is 5.11 Å². The summed E-state index contributed by atoms with van der Waals surface area (Å²) < 4.78 is 13.7. The van der Waals surface area contributed by atoms with Gasteiger partial charge in [-0.25, -0.2) is 4.39 Å². The predicted molar refractivity (Wildman–Crippen MR) is 29.1 cm³/mol. The number of halogens is 1. The van der Waals surface area contributed by atoms with Crippen molar-refractivity contribution >= 4 is 0 Å². The summed E-state index contributed by atoms with van der Waals surface area (Å²) in [6.07, 6.45) is 1.07. The number of aliphatic hydroxyl groups excluding tert-OH is 1. The molecule has 0 unspecified atom stereocenters. The molecule has 4 heteroatoms. The standard InChI is InChI=1S/C5H7FN2O/c1-8-5(3-9)4(6)2-7-8/h2,9H,3H2,1H3. The highest BCUT2D eigenvalue weighted by Crippen LogP contribution is 2.02. The zero-order valence-corrected chi connectivity index (χ0v) is 5.00. The van der Waals surface area contributed by atoms with Gasteiger partial charge in [0, 0.05) is 7.05 Å². The van der Waals surface area contributed by atoms with Gasteiger partial charge in [0.15, 0.2) is 5.82 Å². The normalized spacial score (nSPS) is 10.1. The molecule has 1 aromatic rings. The highest BCUT2D eigenvalue weighted by Gasteiger charge is 2.04. The lowest BCUT2D eigenvalue weighted by Gasteiger charge is -1.93. The minimum atomic E-state index is -0.458. The number of hydrogen-bond acceptors (Lipinski definition) is 2. The van der Waals surface area contributed by atoms with Crippen molar-refractivity contribution in [3.63, 3.8) is 0 Å². The largest absolute Gasteiger partial charge is 0.390 e. The fourth-order valence-electron chi connectivity index (χ4n) is 0.614. The number of nitrogens with zero attached hydrogens (tertiary/aromatic N) is 2. The Hall–Kier alpha value is -0.900. The zero-order valence-electron chi connectivity index (χ0n) is 5.00. The molecule has 1 heterocycles. The first-order chi connectivity index (χ1) is 4.25. The van der Waals surface area contributed by atoms with Crippen LogP contribution in [0.5, 0.6) is 0 Å². The van der Waals surface area contributed by atoms with Gasteiger partial charge >= 0.3 is 0 Å². The molecule has 0 aromatic carbocycles. The average Bonchev–Trinajstić information content (AvgIpc) is 2.12. The third-order valence-corrected chi connectivity index (χ3v) is 1.16. The lowest BCUT2D eigenvalue weighted by molar-refractivity contribution is 0.264. The van der Waals surface area contributed by atoms with Crippen LogP contribution in [0, 0.1) is 5.82 Å². The molecule has 3 nitrogen and oxygen atoms in total. The summed E-state index contributed by atoms with van der Waals surface area (Å²) in [5.74, 6) is -0.458. The smallest absolute Gasteiger partial charge is 0.166 e. The first-order valence-electron chi connectivity index (χ1n) is 2.53. The summed E-state index contributed by atoms with van der Waals surface area (Å²) >= 11 is 0. The maximum absolute atomic E-state index is 12.4. The Morgan fingerprint density at radius 2 is 2.56 bits per heavy atom. The number of rotatable bonds is 1. The lowest BCUT2D eigenvalue weighted by Crippen LogP contribution is -1.98. The van der Waals surface area contributed by atoms with Crippen LogP contribution < -0.4 is 0 Å². The van der Waals surface area contributed by atoms with Gasteiger partial charge in [-0.3, -0.25) is 4.68 Å². The molecule has 0 saturated heterocycles. The van der Waals surface area contributed by atoms with Gasteiger partial charge in [-0.1, -0.05) is 0 Å². The highest BCUT2D eigenvalue weighted by atomic mass is 19.1. The predicted octanol–water partition coefficient (Wildman–Crippen LogP) is 0.0515. The Morgan fingerprint density at radius 3 is 2.78 bits per heavy atom. The first-order valence-corrected chi connectivity index (χ1v) is 2.53. The van der Waals surface area contributed by atoms with Crippen molar-refractivity contribution in [2.24, 2.45) is 7.05 Å². The van der Waals surface area contributed by atoms with E-state index in [1.54, 1.807) is 7.05 Å². The summed E-state index contributed by atoms with van der Waals surface area (Å²) in [6, 6.07) is 0. The monoisotopic (exact) mass is 130 g/mol. The van der Waals surface area contributed by atoms with Gasteiger partial charge in [0.1, 0.15) is 0 Å². The molecule has 1 rings (SSSR count). The number of aliphatic hydroxyl groups is 1. The Bertz CT molecular complexity index is 189. The maximum Gasteiger partial charge on any atom is 0.166 e. The highest BCUT2D eigenvalue weighted by molar-refractivity contribution is 5.01. The zero-order chi connectivity index (χ0) is 6.85. The van der Waals surface area contributed by atoms with E-state index in [0.717, 1.165) is 6.20 Å². The quantitative estimate of drug-likeness (QED) is 0.583. The van der Waals surface area contributed by atoms with Crippen molar-refractivity contribution in [3.8, 4) is 0 Å². The SMILES string of the molecule is Cn1ncc(F)c1CO. The summed E-state index contributed by atoms with van der Waals surface area (Å²) in [5, 5.41) is 12.1. The van der Waals surface area contributed by atoms with Crippen molar-refractivity contribution in [2.45, 2.75) is 6.61 Å². The molecule has 0 aliphatic rings. The van der Waals surface area contributed by atoms with Gasteiger partial charge in [0.05, 0.1) is 18.5 Å². The number of hydrogen-bond donors (Lipinski definition) is 1. The van der Waals surface area contributed by atoms with Gasteiger partial charge in [-0.2, -0.15) is 5.10 Å². The van der Waals surface area contributed by atoms with Crippen molar-refractivity contribution in [2.75, 3.05) is 0 Å². The van der Waals surface area contributed by atoms with Crippen LogP contribution >= 0.6 is 0 Å². The summed E-state index contributed by atoms with van der Waals surface area (Å²) in [4.78, 5) is 0. The first kappa shape index (κ1) is 6.22. The van der Waals surface area contributed by atoms with Crippen LogP contribution in [0.1, 0.15) is 5.69 Å². The molecule has 0 amide bonds. The topological polar surface area (TPSA) is 38.0 Å². The second-order valence-electron chi connectivity index (χ2n) is 1.72. The molecule has 0 bridgehead atoms. The fourth-order valence-corrected chi connectivity index (χ4v) is 0.614. The molecule has 0 aliphatic heterocycles. The molecule has 9 heavy (non-hydrogen) atoms. The summed E-state index contributed by atoms with van der Waals surface area (Å²) in [7, 11) is 1.58. The molecule has 0 atom stereocenters. The molecule has 0 saturated carbocycles. The van der Waals surface area contributed by atoms with E-state index in [1.807, 2.05) is 0 Å². The molecule has 1 N–H and O–H groups in total. The third-order valence-electron chi connectivity index (χ3n) is 1.16. The molecular weight excluding hydrogens is 123 g/mol. The van der Waals surface area contributed by atoms with Crippen LogP contribution in [0.15, 0.2) is 6.20 Å². The minimum absolute atomic E-state index is 0.218. The minimum Gasteiger partial charge on any atom is -0.390 e. The van der Waals surface area contributed by atoms with Gasteiger partial charge in [0.2, 0.25) is 0 Å². The van der Waals surface area contributed by atoms with Crippen molar-refractivity contribution < 1.29 is 9.50 Å². The third kappa shape index (κ3) is 0.929. The number of aromatic nitrogens is 2. The molecule has 0 radical (unpaired) electrons. The summed E-state index contributed by atoms with van der Waals surface area (Å²) in [6.45, 7) is -0.303. The van der Waals surface area contributed by atoms with Crippen LogP contribution in [0.4, 0.5) is 4.39 Å². The van der Waals surface area contributed by atoms with Gasteiger partial charge in [-0.15, -0.1) is 0 Å². The van der Waals surface area contributed by atoms with Crippen LogP contribution in [0.25, 0.3) is 0 Å². The van der Waals surface area contributed by atoms with E-state index in [1.165, 1.54) is 4.68 Å². The Kier molecular flexibility index (Phi) is 1.48. The molecule has 0 spiro atoms. The Labute approximate surface area is 51.7 Å². The average molecular weight is 130 g/mol. The van der Waals surface area contributed by atoms with Crippen LogP contribution in [0.2, 0.25) is 0 Å². The second-order valence-corrected chi connectivity index (χ2v) is 1.72. The van der Waals surface area contributed by atoms with E-state index in [4.69, 9.17) is 5.11 Å². The fraction of sp³-hybridized carbons (Fsp3) is 0.400. The molecule has 0 fully saturated rings. The van der Waals surface area contributed by atoms with E-state index >= 15 is 0 Å². The van der Waals surface area contributed by atoms with Gasteiger partial charge in [0.25, 0.3) is 0 Å². The van der Waals surface area contributed by atoms with Crippen molar-refractivity contribution in [3.05, 3.63) is 17.7 Å². The second kappa shape index (κ2) is 2.14. The lowest BCUT2D eigenvalue weighted by atomic mass is 10.4. The van der Waals surface area contributed by atoms with E-state index in [-0.39, 0.29) is 12.3 Å². The van der Waals surface area contributed by atoms with Crippen LogP contribution in [0.3, 0.4) is 0 Å². The molecule has 1 aromatic heterocycles. The van der Waals surface area contributed by atoms with E-state index < -0.39 is 5.82 Å². The van der Waals surface area contributed by atoms with E-state index in [9.17, 15) is 4.39 Å².